The molecule has 1 atom stereocenters. The molecule has 31 heavy (non-hydrogen) atoms. The smallest absolute Gasteiger partial charge is 0.355 e. The van der Waals surface area contributed by atoms with Gasteiger partial charge in [0.15, 0.2) is 0 Å². The summed E-state index contributed by atoms with van der Waals surface area (Å²) >= 11 is 0. The van der Waals surface area contributed by atoms with Crippen molar-refractivity contribution in [3.63, 3.8) is 0 Å². The van der Waals surface area contributed by atoms with Crippen LogP contribution in [0, 0.1) is 0 Å². The number of carbonyl (C=O) groups excluding carboxylic acids is 4. The van der Waals surface area contributed by atoms with Gasteiger partial charge >= 0.3 is 18.0 Å². The Morgan fingerprint density at radius 1 is 1.03 bits per heavy atom. The normalized spacial score (nSPS) is 20.3. The van der Waals surface area contributed by atoms with Gasteiger partial charge in [0, 0.05) is 18.4 Å². The molecule has 0 spiro atoms. The van der Waals surface area contributed by atoms with Crippen molar-refractivity contribution in [1.82, 2.24) is 4.90 Å². The van der Waals surface area contributed by atoms with Gasteiger partial charge in [0.05, 0.1) is 25.5 Å². The zero-order valence-corrected chi connectivity index (χ0v) is 17.1. The zero-order valence-electron chi connectivity index (χ0n) is 17.1. The highest BCUT2D eigenvalue weighted by atomic mass is 16.5. The van der Waals surface area contributed by atoms with E-state index in [1.165, 1.54) is 25.2 Å². The van der Waals surface area contributed by atoms with Crippen molar-refractivity contribution in [2.75, 3.05) is 30.6 Å². The van der Waals surface area contributed by atoms with Gasteiger partial charge in [0.1, 0.15) is 11.7 Å². The van der Waals surface area contributed by atoms with Crippen molar-refractivity contribution in [1.29, 1.82) is 0 Å². The molecule has 1 aromatic rings. The van der Waals surface area contributed by atoms with E-state index in [2.05, 4.69) is 0 Å². The monoisotopic (exact) mass is 423 g/mol. The second-order valence-corrected chi connectivity index (χ2v) is 7.14. The SMILES string of the molecule is COC(=O)C1=C(C(=O)OC)N(c2cccc(N3C(=O)C4CCCN4C3=O)c2)C=CC=C1. The van der Waals surface area contributed by atoms with Crippen LogP contribution < -0.4 is 9.80 Å². The van der Waals surface area contributed by atoms with Gasteiger partial charge in [-0.2, -0.15) is 0 Å². The third kappa shape index (κ3) is 3.37. The van der Waals surface area contributed by atoms with Crippen molar-refractivity contribution in [3.05, 3.63) is 60.0 Å². The van der Waals surface area contributed by atoms with Crippen LogP contribution >= 0.6 is 0 Å². The number of carbonyl (C=O) groups is 4. The second kappa shape index (κ2) is 8.10. The highest BCUT2D eigenvalue weighted by Crippen LogP contribution is 2.34. The summed E-state index contributed by atoms with van der Waals surface area (Å²) in [6.45, 7) is 0.559. The first-order chi connectivity index (χ1) is 15.0. The van der Waals surface area contributed by atoms with E-state index in [0.29, 0.717) is 24.3 Å². The number of hydrogen-bond donors (Lipinski definition) is 0. The Labute approximate surface area is 178 Å². The fourth-order valence-electron chi connectivity index (χ4n) is 4.01. The zero-order chi connectivity index (χ0) is 22.1. The van der Waals surface area contributed by atoms with Gasteiger partial charge in [-0.1, -0.05) is 12.1 Å². The summed E-state index contributed by atoms with van der Waals surface area (Å²) in [4.78, 5) is 54.7. The Morgan fingerprint density at radius 3 is 2.48 bits per heavy atom. The number of amides is 3. The van der Waals surface area contributed by atoms with Crippen LogP contribution in [0.2, 0.25) is 0 Å². The largest absolute Gasteiger partial charge is 0.465 e. The van der Waals surface area contributed by atoms with E-state index in [1.807, 2.05) is 0 Å². The van der Waals surface area contributed by atoms with Crippen molar-refractivity contribution in [2.45, 2.75) is 18.9 Å². The molecule has 1 unspecified atom stereocenters. The number of hydrogen-bond acceptors (Lipinski definition) is 7. The fourth-order valence-corrected chi connectivity index (χ4v) is 4.01. The quantitative estimate of drug-likeness (QED) is 0.541. The second-order valence-electron chi connectivity index (χ2n) is 7.14. The van der Waals surface area contributed by atoms with Gasteiger partial charge in [-0.05, 0) is 43.2 Å². The predicted octanol–water partition coefficient (Wildman–Crippen LogP) is 2.11. The number of allylic oxidation sites excluding steroid dienone is 2. The average Bonchev–Trinajstić information content (AvgIpc) is 3.28. The molecule has 2 fully saturated rings. The number of esters is 2. The Hall–Kier alpha value is -3.88. The number of ether oxygens (including phenoxy) is 2. The molecule has 0 aromatic heterocycles. The molecule has 0 bridgehead atoms. The van der Waals surface area contributed by atoms with Gasteiger partial charge in [-0.3, -0.25) is 4.79 Å². The average molecular weight is 423 g/mol. The molecular weight excluding hydrogens is 402 g/mol. The minimum Gasteiger partial charge on any atom is -0.465 e. The molecule has 3 aliphatic rings. The first-order valence-electron chi connectivity index (χ1n) is 9.77. The standard InChI is InChI=1S/C22H21N3O6/c1-30-20(27)16-9-3-4-11-23(18(16)21(28)31-2)14-7-5-8-15(13-14)25-19(26)17-10-6-12-24(17)22(25)29/h3-5,7-9,11,13,17H,6,10,12H2,1-2H3. The van der Waals surface area contributed by atoms with Crippen molar-refractivity contribution in [3.8, 4) is 0 Å². The van der Waals surface area contributed by atoms with Crippen molar-refractivity contribution in [2.24, 2.45) is 0 Å². The molecule has 9 nitrogen and oxygen atoms in total. The molecule has 3 amide bonds. The van der Waals surface area contributed by atoms with Crippen LogP contribution in [0.1, 0.15) is 12.8 Å². The number of benzene rings is 1. The summed E-state index contributed by atoms with van der Waals surface area (Å²) < 4.78 is 9.71. The summed E-state index contributed by atoms with van der Waals surface area (Å²) in [5, 5.41) is 0. The number of anilines is 2. The van der Waals surface area contributed by atoms with Crippen molar-refractivity contribution >= 4 is 35.3 Å². The number of nitrogens with zero attached hydrogens (tertiary/aromatic N) is 3. The lowest BCUT2D eigenvalue weighted by Crippen LogP contribution is -2.33. The maximum atomic E-state index is 12.8. The summed E-state index contributed by atoms with van der Waals surface area (Å²) in [5.74, 6) is -1.70. The van der Waals surface area contributed by atoms with Gasteiger partial charge in [-0.15, -0.1) is 0 Å². The summed E-state index contributed by atoms with van der Waals surface area (Å²) in [7, 11) is 2.43. The number of methoxy groups -OCH3 is 2. The van der Waals surface area contributed by atoms with E-state index in [4.69, 9.17) is 9.47 Å². The van der Waals surface area contributed by atoms with E-state index in [9.17, 15) is 19.2 Å². The maximum absolute atomic E-state index is 12.8. The first-order valence-corrected chi connectivity index (χ1v) is 9.77. The molecular formula is C22H21N3O6. The van der Waals surface area contributed by atoms with E-state index in [-0.39, 0.29) is 23.2 Å². The minimum absolute atomic E-state index is 0.0127. The van der Waals surface area contributed by atoms with Crippen LogP contribution in [-0.4, -0.2) is 55.6 Å². The molecule has 0 saturated carbocycles. The molecule has 3 heterocycles. The van der Waals surface area contributed by atoms with Gasteiger partial charge in [-0.25, -0.2) is 19.3 Å². The summed E-state index contributed by atoms with van der Waals surface area (Å²) in [6.07, 6.45) is 7.75. The third-order valence-electron chi connectivity index (χ3n) is 5.45. The molecule has 160 valence electrons. The van der Waals surface area contributed by atoms with E-state index >= 15 is 0 Å². The van der Waals surface area contributed by atoms with Crippen LogP contribution in [0.4, 0.5) is 16.2 Å². The number of rotatable bonds is 4. The molecule has 0 aliphatic carbocycles. The molecule has 4 rings (SSSR count). The molecule has 1 aromatic carbocycles. The molecule has 2 saturated heterocycles. The highest BCUT2D eigenvalue weighted by molar-refractivity contribution is 6.21. The Bertz CT molecular complexity index is 1040. The molecule has 9 heteroatoms. The highest BCUT2D eigenvalue weighted by Gasteiger charge is 2.48. The van der Waals surface area contributed by atoms with Crippen LogP contribution in [0.5, 0.6) is 0 Å². The summed E-state index contributed by atoms with van der Waals surface area (Å²) in [5.41, 5.74) is 0.818. The minimum atomic E-state index is -0.740. The molecule has 3 aliphatic heterocycles. The van der Waals surface area contributed by atoms with Crippen LogP contribution in [0.3, 0.4) is 0 Å². The first kappa shape index (κ1) is 20.4. The van der Waals surface area contributed by atoms with Crippen LogP contribution in [0.15, 0.2) is 60.0 Å². The summed E-state index contributed by atoms with van der Waals surface area (Å²) in [6, 6.07) is 5.87. The van der Waals surface area contributed by atoms with E-state index in [1.54, 1.807) is 47.5 Å². The lowest BCUT2D eigenvalue weighted by molar-refractivity contribution is -0.139. The number of urea groups is 1. The van der Waals surface area contributed by atoms with Crippen LogP contribution in [0.25, 0.3) is 0 Å². The fraction of sp³-hybridized carbons (Fsp3) is 0.273. The molecule has 0 radical (unpaired) electrons. The van der Waals surface area contributed by atoms with E-state index in [0.717, 1.165) is 11.3 Å². The maximum Gasteiger partial charge on any atom is 0.355 e. The Balaban J connectivity index is 1.77. The Kier molecular flexibility index (Phi) is 5.33. The van der Waals surface area contributed by atoms with Crippen molar-refractivity contribution < 1.29 is 28.7 Å². The van der Waals surface area contributed by atoms with Gasteiger partial charge in [0.2, 0.25) is 0 Å². The van der Waals surface area contributed by atoms with Gasteiger partial charge in [0.25, 0.3) is 5.91 Å². The van der Waals surface area contributed by atoms with Crippen LogP contribution in [-0.2, 0) is 23.9 Å². The number of fused-ring (bicyclic) bond motifs is 1. The number of imide groups is 1. The lowest BCUT2D eigenvalue weighted by Gasteiger charge is -2.24. The molecule has 0 N–H and O–H groups in total. The topological polar surface area (TPSA) is 96.5 Å². The Morgan fingerprint density at radius 2 is 1.77 bits per heavy atom. The predicted molar refractivity (Wildman–Crippen MR) is 111 cm³/mol. The van der Waals surface area contributed by atoms with Gasteiger partial charge < -0.3 is 19.3 Å². The third-order valence-corrected chi connectivity index (χ3v) is 5.45. The lowest BCUT2D eigenvalue weighted by atomic mass is 10.1. The van der Waals surface area contributed by atoms with E-state index < -0.39 is 18.0 Å².